The van der Waals surface area contributed by atoms with E-state index in [0.29, 0.717) is 12.1 Å². The van der Waals surface area contributed by atoms with E-state index in [0.717, 1.165) is 31.5 Å². The number of rotatable bonds is 9. The fraction of sp³-hybridized carbons (Fsp3) is 0.350. The topological polar surface area (TPSA) is 61.4 Å². The smallest absolute Gasteiger partial charge is 0.251 e. The minimum atomic E-state index is -0.0399. The van der Waals surface area contributed by atoms with Gasteiger partial charge in [-0.2, -0.15) is 0 Å². The average molecular weight is 326 g/mol. The van der Waals surface area contributed by atoms with E-state index in [9.17, 15) is 4.79 Å². The number of aryl methyl sites for hydroxylation is 1. The highest BCUT2D eigenvalue weighted by Crippen LogP contribution is 2.06. The highest BCUT2D eigenvalue weighted by atomic mass is 16.3. The molecule has 4 heteroatoms. The summed E-state index contributed by atoms with van der Waals surface area (Å²) in [4.78, 5) is 12.1. The van der Waals surface area contributed by atoms with Gasteiger partial charge in [0.05, 0.1) is 0 Å². The van der Waals surface area contributed by atoms with Crippen LogP contribution in [0.5, 0.6) is 0 Å². The molecule has 0 bridgehead atoms. The molecule has 1 amide bonds. The van der Waals surface area contributed by atoms with E-state index in [1.54, 1.807) is 0 Å². The van der Waals surface area contributed by atoms with Crippen LogP contribution in [0, 0.1) is 6.92 Å². The van der Waals surface area contributed by atoms with Crippen LogP contribution in [0.25, 0.3) is 0 Å². The number of carbonyl (C=O) groups is 1. The van der Waals surface area contributed by atoms with Gasteiger partial charge in [0, 0.05) is 25.3 Å². The summed E-state index contributed by atoms with van der Waals surface area (Å²) in [6, 6.07) is 16.0. The van der Waals surface area contributed by atoms with Crippen molar-refractivity contribution in [3.63, 3.8) is 0 Å². The van der Waals surface area contributed by atoms with Crippen LogP contribution in [0.4, 0.5) is 0 Å². The number of aliphatic hydroxyl groups is 1. The first-order valence-corrected chi connectivity index (χ1v) is 8.43. The van der Waals surface area contributed by atoms with Crippen molar-refractivity contribution in [2.45, 2.75) is 26.3 Å². The van der Waals surface area contributed by atoms with Crippen molar-refractivity contribution in [3.05, 3.63) is 70.8 Å². The highest BCUT2D eigenvalue weighted by Gasteiger charge is 2.05. The summed E-state index contributed by atoms with van der Waals surface area (Å²) < 4.78 is 0. The van der Waals surface area contributed by atoms with E-state index in [-0.39, 0.29) is 12.5 Å². The van der Waals surface area contributed by atoms with Gasteiger partial charge in [-0.3, -0.25) is 4.79 Å². The zero-order valence-corrected chi connectivity index (χ0v) is 14.2. The highest BCUT2D eigenvalue weighted by molar-refractivity contribution is 5.94. The number of hydrogen-bond donors (Lipinski definition) is 3. The Morgan fingerprint density at radius 3 is 2.29 bits per heavy atom. The fourth-order valence-corrected chi connectivity index (χ4v) is 2.39. The number of hydrogen-bond acceptors (Lipinski definition) is 3. The molecule has 0 heterocycles. The Morgan fingerprint density at radius 2 is 1.62 bits per heavy atom. The van der Waals surface area contributed by atoms with E-state index in [4.69, 9.17) is 5.11 Å². The maximum absolute atomic E-state index is 12.1. The maximum Gasteiger partial charge on any atom is 0.251 e. The molecule has 0 atom stereocenters. The standard InChI is InChI=1S/C20H26N2O2/c1-16-3-5-17(6-4-16)11-13-22-20(24)19-9-7-18(8-10-19)15-21-12-2-14-23/h3-10,21,23H,2,11-15H2,1H3,(H,22,24). The van der Waals surface area contributed by atoms with Crippen molar-refractivity contribution in [1.82, 2.24) is 10.6 Å². The predicted molar refractivity (Wildman–Crippen MR) is 97.1 cm³/mol. The molecule has 0 saturated carbocycles. The molecule has 0 fully saturated rings. The van der Waals surface area contributed by atoms with Gasteiger partial charge in [0.2, 0.25) is 0 Å². The van der Waals surface area contributed by atoms with Gasteiger partial charge in [-0.1, -0.05) is 42.0 Å². The van der Waals surface area contributed by atoms with Crippen molar-refractivity contribution >= 4 is 5.91 Å². The van der Waals surface area contributed by atoms with Gasteiger partial charge in [-0.25, -0.2) is 0 Å². The molecule has 128 valence electrons. The molecule has 0 aromatic heterocycles. The molecule has 2 rings (SSSR count). The summed E-state index contributed by atoms with van der Waals surface area (Å²) in [5.74, 6) is -0.0399. The van der Waals surface area contributed by atoms with Crippen LogP contribution in [0.15, 0.2) is 48.5 Å². The van der Waals surface area contributed by atoms with Crippen LogP contribution in [-0.4, -0.2) is 30.7 Å². The average Bonchev–Trinajstić information content (AvgIpc) is 2.61. The third-order valence-electron chi connectivity index (χ3n) is 3.88. The van der Waals surface area contributed by atoms with Gasteiger partial charge in [-0.05, 0) is 49.6 Å². The minimum Gasteiger partial charge on any atom is -0.396 e. The summed E-state index contributed by atoms with van der Waals surface area (Å²) in [5, 5.41) is 14.9. The number of carbonyl (C=O) groups excluding carboxylic acids is 1. The molecule has 0 radical (unpaired) electrons. The zero-order chi connectivity index (χ0) is 17.2. The quantitative estimate of drug-likeness (QED) is 0.620. The lowest BCUT2D eigenvalue weighted by Crippen LogP contribution is -2.25. The van der Waals surface area contributed by atoms with Crippen molar-refractivity contribution < 1.29 is 9.90 Å². The number of amides is 1. The van der Waals surface area contributed by atoms with E-state index in [1.165, 1.54) is 11.1 Å². The second-order valence-electron chi connectivity index (χ2n) is 5.94. The minimum absolute atomic E-state index is 0.0399. The van der Waals surface area contributed by atoms with E-state index in [2.05, 4.69) is 41.8 Å². The molecule has 2 aromatic carbocycles. The monoisotopic (exact) mass is 326 g/mol. The van der Waals surface area contributed by atoms with Crippen molar-refractivity contribution in [2.75, 3.05) is 19.7 Å². The van der Waals surface area contributed by atoms with Gasteiger partial charge in [0.15, 0.2) is 0 Å². The Labute approximate surface area is 143 Å². The summed E-state index contributed by atoms with van der Waals surface area (Å²) >= 11 is 0. The first-order chi connectivity index (χ1) is 11.7. The van der Waals surface area contributed by atoms with E-state index < -0.39 is 0 Å². The summed E-state index contributed by atoms with van der Waals surface area (Å²) in [6.45, 7) is 4.44. The molecule has 0 unspecified atom stereocenters. The van der Waals surface area contributed by atoms with Crippen molar-refractivity contribution in [3.8, 4) is 0 Å². The summed E-state index contributed by atoms with van der Waals surface area (Å²) in [5.41, 5.74) is 4.28. The number of benzene rings is 2. The molecular formula is C20H26N2O2. The lowest BCUT2D eigenvalue weighted by molar-refractivity contribution is 0.0954. The van der Waals surface area contributed by atoms with Crippen LogP contribution in [-0.2, 0) is 13.0 Å². The largest absolute Gasteiger partial charge is 0.396 e. The molecular weight excluding hydrogens is 300 g/mol. The summed E-state index contributed by atoms with van der Waals surface area (Å²) in [7, 11) is 0. The van der Waals surface area contributed by atoms with Crippen LogP contribution in [0.1, 0.15) is 33.5 Å². The van der Waals surface area contributed by atoms with E-state index >= 15 is 0 Å². The molecule has 0 spiro atoms. The van der Waals surface area contributed by atoms with E-state index in [1.807, 2.05) is 24.3 Å². The number of aliphatic hydroxyl groups excluding tert-OH is 1. The Balaban J connectivity index is 1.74. The van der Waals surface area contributed by atoms with Crippen LogP contribution < -0.4 is 10.6 Å². The van der Waals surface area contributed by atoms with Crippen LogP contribution in [0.2, 0.25) is 0 Å². The molecule has 0 aliphatic heterocycles. The molecule has 3 N–H and O–H groups in total. The molecule has 0 aliphatic carbocycles. The van der Waals surface area contributed by atoms with Crippen LogP contribution in [0.3, 0.4) is 0 Å². The Hall–Kier alpha value is -2.17. The molecule has 2 aromatic rings. The van der Waals surface area contributed by atoms with Crippen LogP contribution >= 0.6 is 0 Å². The number of nitrogens with one attached hydrogen (secondary N) is 2. The maximum atomic E-state index is 12.1. The molecule has 4 nitrogen and oxygen atoms in total. The third kappa shape index (κ3) is 6.14. The van der Waals surface area contributed by atoms with Gasteiger partial charge >= 0.3 is 0 Å². The first kappa shape index (κ1) is 18.2. The Bertz CT molecular complexity index is 621. The third-order valence-corrected chi connectivity index (χ3v) is 3.88. The molecule has 0 saturated heterocycles. The molecule has 24 heavy (non-hydrogen) atoms. The van der Waals surface area contributed by atoms with Gasteiger partial charge in [0.1, 0.15) is 0 Å². The second kappa shape index (κ2) is 9.85. The predicted octanol–water partition coefficient (Wildman–Crippen LogP) is 2.44. The normalized spacial score (nSPS) is 10.6. The molecule has 0 aliphatic rings. The SMILES string of the molecule is Cc1ccc(CCNC(=O)c2ccc(CNCCCO)cc2)cc1. The van der Waals surface area contributed by atoms with Gasteiger partial charge in [-0.15, -0.1) is 0 Å². The van der Waals surface area contributed by atoms with Crippen molar-refractivity contribution in [1.29, 1.82) is 0 Å². The fourth-order valence-electron chi connectivity index (χ4n) is 2.39. The lowest BCUT2D eigenvalue weighted by atomic mass is 10.1. The van der Waals surface area contributed by atoms with Gasteiger partial charge in [0.25, 0.3) is 5.91 Å². The second-order valence-corrected chi connectivity index (χ2v) is 5.94. The summed E-state index contributed by atoms with van der Waals surface area (Å²) in [6.07, 6.45) is 1.58. The zero-order valence-electron chi connectivity index (χ0n) is 14.2. The Kier molecular flexibility index (Phi) is 7.46. The van der Waals surface area contributed by atoms with Crippen molar-refractivity contribution in [2.24, 2.45) is 0 Å². The first-order valence-electron chi connectivity index (χ1n) is 8.43. The van der Waals surface area contributed by atoms with Gasteiger partial charge < -0.3 is 15.7 Å². The Morgan fingerprint density at radius 1 is 0.958 bits per heavy atom. The lowest BCUT2D eigenvalue weighted by Gasteiger charge is -2.07.